The van der Waals surface area contributed by atoms with Crippen LogP contribution in [0, 0.1) is 6.92 Å². The number of hydrogen-bond donors (Lipinski definition) is 1. The van der Waals surface area contributed by atoms with Crippen LogP contribution in [0.2, 0.25) is 5.02 Å². The van der Waals surface area contributed by atoms with E-state index in [4.69, 9.17) is 20.8 Å². The molecular weight excluding hydrogens is 318 g/mol. The Bertz CT molecular complexity index is 683. The molecule has 0 fully saturated rings. The average Bonchev–Trinajstić information content (AvgIpc) is 2.86. The van der Waals surface area contributed by atoms with Gasteiger partial charge in [0.2, 0.25) is 0 Å². The number of halogens is 1. The van der Waals surface area contributed by atoms with E-state index in [1.54, 1.807) is 31.2 Å². The molecule has 1 N–H and O–H groups in total. The summed E-state index contributed by atoms with van der Waals surface area (Å²) in [5, 5.41) is 10.9. The normalized spacial score (nSPS) is 12.4. The maximum atomic E-state index is 11.6. The van der Waals surface area contributed by atoms with E-state index in [-0.39, 0.29) is 0 Å². The van der Waals surface area contributed by atoms with Crippen molar-refractivity contribution in [2.24, 2.45) is 0 Å². The molecule has 1 atom stereocenters. The Hall–Kier alpha value is -1.82. The molecule has 0 bridgehead atoms. The molecule has 2 rings (SSSR count). The van der Waals surface area contributed by atoms with Gasteiger partial charge in [-0.3, -0.25) is 4.90 Å². The summed E-state index contributed by atoms with van der Waals surface area (Å²) >= 11 is 5.94. The van der Waals surface area contributed by atoms with Crippen LogP contribution in [0.15, 0.2) is 34.7 Å². The molecule has 0 saturated heterocycles. The molecule has 0 spiro atoms. The molecule has 5 nitrogen and oxygen atoms in total. The maximum absolute atomic E-state index is 11.6. The molecule has 0 radical (unpaired) electrons. The standard InChI is InChI=1S/C17H20ClNO4/c1-11-15(17(21)22-3)8-14(23-11)9-19(2)10-16(20)12-5-4-6-13(18)7-12/h4-8,16,20H,9-10H2,1-3H3. The van der Waals surface area contributed by atoms with Crippen molar-refractivity contribution < 1.29 is 19.1 Å². The number of likely N-dealkylation sites (N-methyl/N-ethyl adjacent to an activating group) is 1. The molecule has 1 aromatic heterocycles. The Labute approximate surface area is 140 Å². The van der Waals surface area contributed by atoms with Crippen LogP contribution in [0.25, 0.3) is 0 Å². The summed E-state index contributed by atoms with van der Waals surface area (Å²) in [4.78, 5) is 13.5. The smallest absolute Gasteiger partial charge is 0.341 e. The first-order chi connectivity index (χ1) is 10.9. The van der Waals surface area contributed by atoms with Gasteiger partial charge >= 0.3 is 5.97 Å². The highest BCUT2D eigenvalue weighted by Crippen LogP contribution is 2.20. The fourth-order valence-electron chi connectivity index (χ4n) is 2.38. The molecule has 1 aromatic carbocycles. The van der Waals surface area contributed by atoms with Crippen molar-refractivity contribution in [2.45, 2.75) is 19.6 Å². The molecule has 2 aromatic rings. The molecule has 0 aliphatic rings. The molecule has 0 aliphatic carbocycles. The number of aliphatic hydroxyl groups is 1. The summed E-state index contributed by atoms with van der Waals surface area (Å²) in [6.07, 6.45) is -0.658. The highest BCUT2D eigenvalue weighted by atomic mass is 35.5. The summed E-state index contributed by atoms with van der Waals surface area (Å²) in [5.74, 6) is 0.749. The van der Waals surface area contributed by atoms with Gasteiger partial charge in [-0.2, -0.15) is 0 Å². The van der Waals surface area contributed by atoms with Gasteiger partial charge in [0.1, 0.15) is 17.1 Å². The van der Waals surface area contributed by atoms with Crippen molar-refractivity contribution >= 4 is 17.6 Å². The molecule has 0 amide bonds. The van der Waals surface area contributed by atoms with Crippen molar-refractivity contribution in [2.75, 3.05) is 20.7 Å². The molecule has 6 heteroatoms. The van der Waals surface area contributed by atoms with Gasteiger partial charge in [-0.1, -0.05) is 23.7 Å². The Balaban J connectivity index is 1.99. The SMILES string of the molecule is COC(=O)c1cc(CN(C)CC(O)c2cccc(Cl)c2)oc1C. The topological polar surface area (TPSA) is 62.9 Å². The van der Waals surface area contributed by atoms with Crippen LogP contribution in [0.5, 0.6) is 0 Å². The van der Waals surface area contributed by atoms with Gasteiger partial charge in [-0.05, 0) is 37.7 Å². The number of methoxy groups -OCH3 is 1. The molecule has 0 aliphatic heterocycles. The number of carbonyl (C=O) groups excluding carboxylic acids is 1. The minimum Gasteiger partial charge on any atom is -0.465 e. The van der Waals surface area contributed by atoms with Gasteiger partial charge in [-0.25, -0.2) is 4.79 Å². The zero-order chi connectivity index (χ0) is 17.0. The number of hydrogen-bond acceptors (Lipinski definition) is 5. The van der Waals surface area contributed by atoms with E-state index < -0.39 is 12.1 Å². The van der Waals surface area contributed by atoms with Gasteiger partial charge in [-0.15, -0.1) is 0 Å². The molecule has 1 heterocycles. The van der Waals surface area contributed by atoms with Crippen LogP contribution in [0.4, 0.5) is 0 Å². The third kappa shape index (κ3) is 4.58. The number of nitrogens with zero attached hydrogens (tertiary/aromatic N) is 1. The molecule has 1 unspecified atom stereocenters. The first kappa shape index (κ1) is 17.5. The summed E-state index contributed by atoms with van der Waals surface area (Å²) < 4.78 is 10.3. The lowest BCUT2D eigenvalue weighted by Crippen LogP contribution is -2.24. The minimum atomic E-state index is -0.658. The Morgan fingerprint density at radius 2 is 2.17 bits per heavy atom. The number of ether oxygens (including phenoxy) is 1. The first-order valence-corrected chi connectivity index (χ1v) is 7.58. The summed E-state index contributed by atoms with van der Waals surface area (Å²) in [7, 11) is 3.20. The molecule has 23 heavy (non-hydrogen) atoms. The lowest BCUT2D eigenvalue weighted by molar-refractivity contribution is 0.0599. The third-order valence-corrected chi connectivity index (χ3v) is 3.75. The number of esters is 1. The van der Waals surface area contributed by atoms with Crippen LogP contribution in [-0.2, 0) is 11.3 Å². The number of furan rings is 1. The van der Waals surface area contributed by atoms with Crippen molar-refractivity contribution in [3.05, 3.63) is 58.0 Å². The maximum Gasteiger partial charge on any atom is 0.341 e. The molecule has 124 valence electrons. The second kappa shape index (κ2) is 7.64. The highest BCUT2D eigenvalue weighted by molar-refractivity contribution is 6.30. The summed E-state index contributed by atoms with van der Waals surface area (Å²) in [6.45, 7) is 2.60. The lowest BCUT2D eigenvalue weighted by Gasteiger charge is -2.19. The van der Waals surface area contributed by atoms with E-state index in [9.17, 15) is 9.90 Å². The second-order valence-corrected chi connectivity index (χ2v) is 5.88. The van der Waals surface area contributed by atoms with Crippen LogP contribution in [0.1, 0.15) is 33.5 Å². The predicted octanol–water partition coefficient (Wildman–Crippen LogP) is 3.19. The van der Waals surface area contributed by atoms with E-state index in [1.807, 2.05) is 18.0 Å². The Morgan fingerprint density at radius 3 is 2.83 bits per heavy atom. The monoisotopic (exact) mass is 337 g/mol. The van der Waals surface area contributed by atoms with Crippen LogP contribution >= 0.6 is 11.6 Å². The minimum absolute atomic E-state index is 0.410. The van der Waals surface area contributed by atoms with Gasteiger partial charge in [0.25, 0.3) is 0 Å². The lowest BCUT2D eigenvalue weighted by atomic mass is 10.1. The zero-order valence-electron chi connectivity index (χ0n) is 13.4. The van der Waals surface area contributed by atoms with Gasteiger partial charge in [0.15, 0.2) is 0 Å². The molecular formula is C17H20ClNO4. The number of aryl methyl sites for hydroxylation is 1. The Morgan fingerprint density at radius 1 is 1.43 bits per heavy atom. The van der Waals surface area contributed by atoms with Gasteiger partial charge < -0.3 is 14.3 Å². The highest BCUT2D eigenvalue weighted by Gasteiger charge is 2.17. The van der Waals surface area contributed by atoms with Crippen molar-refractivity contribution in [3.8, 4) is 0 Å². The van der Waals surface area contributed by atoms with Crippen LogP contribution in [0.3, 0.4) is 0 Å². The molecule has 0 saturated carbocycles. The fraction of sp³-hybridized carbons (Fsp3) is 0.353. The van der Waals surface area contributed by atoms with E-state index in [1.165, 1.54) is 7.11 Å². The first-order valence-electron chi connectivity index (χ1n) is 7.20. The van der Waals surface area contributed by atoms with E-state index >= 15 is 0 Å². The van der Waals surface area contributed by atoms with Crippen molar-refractivity contribution in [3.63, 3.8) is 0 Å². The van der Waals surface area contributed by atoms with E-state index in [0.717, 1.165) is 5.56 Å². The predicted molar refractivity (Wildman–Crippen MR) is 87.5 cm³/mol. The van der Waals surface area contributed by atoms with Crippen molar-refractivity contribution in [1.82, 2.24) is 4.90 Å². The number of aliphatic hydroxyl groups excluding tert-OH is 1. The summed E-state index contributed by atoms with van der Waals surface area (Å²) in [5.41, 5.74) is 1.18. The van der Waals surface area contributed by atoms with Gasteiger partial charge in [0, 0.05) is 11.6 Å². The van der Waals surface area contributed by atoms with Crippen LogP contribution < -0.4 is 0 Å². The zero-order valence-corrected chi connectivity index (χ0v) is 14.1. The quantitative estimate of drug-likeness (QED) is 0.820. The number of rotatable bonds is 6. The van der Waals surface area contributed by atoms with E-state index in [0.29, 0.717) is 35.2 Å². The number of carbonyl (C=O) groups is 1. The largest absolute Gasteiger partial charge is 0.465 e. The fourth-order valence-corrected chi connectivity index (χ4v) is 2.58. The van der Waals surface area contributed by atoms with Crippen molar-refractivity contribution in [1.29, 1.82) is 0 Å². The van der Waals surface area contributed by atoms with Crippen LogP contribution in [-0.4, -0.2) is 36.7 Å². The average molecular weight is 338 g/mol. The number of benzene rings is 1. The Kier molecular flexibility index (Phi) is 5.82. The summed E-state index contributed by atoms with van der Waals surface area (Å²) in [6, 6.07) is 8.81. The third-order valence-electron chi connectivity index (χ3n) is 3.52. The second-order valence-electron chi connectivity index (χ2n) is 5.44. The van der Waals surface area contributed by atoms with E-state index in [2.05, 4.69) is 0 Å². The van der Waals surface area contributed by atoms with Gasteiger partial charge in [0.05, 0.1) is 19.8 Å².